The smallest absolute Gasteiger partial charge is 0.238 e. The van der Waals surface area contributed by atoms with Crippen molar-refractivity contribution in [3.63, 3.8) is 0 Å². The van der Waals surface area contributed by atoms with E-state index in [4.69, 9.17) is 9.47 Å². The van der Waals surface area contributed by atoms with E-state index < -0.39 is 11.6 Å². The van der Waals surface area contributed by atoms with E-state index in [1.165, 1.54) is 0 Å². The quantitative estimate of drug-likeness (QED) is 0.818. The van der Waals surface area contributed by atoms with Gasteiger partial charge in [-0.2, -0.15) is 0 Å². The molecule has 25 heavy (non-hydrogen) atoms. The maximum Gasteiger partial charge on any atom is 0.238 e. The SMILES string of the molecule is O=C(CN(C[C@H]1CCCO1)C[C@H]1CCCO1)Nc1cc(F)ccc1F. The van der Waals surface area contributed by atoms with E-state index in [0.717, 1.165) is 57.1 Å². The summed E-state index contributed by atoms with van der Waals surface area (Å²) in [5, 5.41) is 2.45. The van der Waals surface area contributed by atoms with Crippen molar-refractivity contribution in [2.45, 2.75) is 37.9 Å². The van der Waals surface area contributed by atoms with Gasteiger partial charge in [0.25, 0.3) is 0 Å². The molecule has 2 aliphatic rings. The molecule has 0 spiro atoms. The first-order valence-corrected chi connectivity index (χ1v) is 8.80. The Hall–Kier alpha value is -1.57. The van der Waals surface area contributed by atoms with Gasteiger partial charge in [-0.1, -0.05) is 0 Å². The zero-order valence-corrected chi connectivity index (χ0v) is 14.2. The minimum absolute atomic E-state index is 0.0929. The summed E-state index contributed by atoms with van der Waals surface area (Å²) in [5.41, 5.74) is -0.140. The molecule has 0 aromatic heterocycles. The van der Waals surface area contributed by atoms with E-state index in [1.807, 2.05) is 4.90 Å². The van der Waals surface area contributed by atoms with Crippen LogP contribution in [0, 0.1) is 11.6 Å². The Labute approximate surface area is 146 Å². The van der Waals surface area contributed by atoms with Crippen LogP contribution in [0.3, 0.4) is 0 Å². The number of hydrogen-bond acceptors (Lipinski definition) is 4. The van der Waals surface area contributed by atoms with Crippen LogP contribution < -0.4 is 5.32 Å². The van der Waals surface area contributed by atoms with Crippen LogP contribution in [0.2, 0.25) is 0 Å². The van der Waals surface area contributed by atoms with E-state index in [2.05, 4.69) is 5.32 Å². The van der Waals surface area contributed by atoms with Gasteiger partial charge in [0, 0.05) is 32.4 Å². The highest BCUT2D eigenvalue weighted by atomic mass is 19.1. The second kappa shape index (κ2) is 8.69. The minimum atomic E-state index is -0.653. The first kappa shape index (κ1) is 18.2. The number of nitrogens with one attached hydrogen (secondary N) is 1. The van der Waals surface area contributed by atoms with Crippen molar-refractivity contribution in [1.82, 2.24) is 4.90 Å². The van der Waals surface area contributed by atoms with E-state index in [1.54, 1.807) is 0 Å². The van der Waals surface area contributed by atoms with Crippen molar-refractivity contribution in [2.75, 3.05) is 38.2 Å². The first-order chi connectivity index (χ1) is 12.1. The van der Waals surface area contributed by atoms with Gasteiger partial charge in [0.2, 0.25) is 5.91 Å². The Kier molecular flexibility index (Phi) is 6.34. The van der Waals surface area contributed by atoms with Gasteiger partial charge >= 0.3 is 0 Å². The molecule has 3 rings (SSSR count). The number of anilines is 1. The molecule has 2 heterocycles. The van der Waals surface area contributed by atoms with Crippen molar-refractivity contribution in [3.05, 3.63) is 29.8 Å². The molecule has 0 aliphatic carbocycles. The molecule has 1 aromatic carbocycles. The van der Waals surface area contributed by atoms with Crippen LogP contribution in [-0.4, -0.2) is 55.9 Å². The molecule has 0 saturated carbocycles. The zero-order valence-electron chi connectivity index (χ0n) is 14.2. The van der Waals surface area contributed by atoms with Crippen LogP contribution in [-0.2, 0) is 14.3 Å². The zero-order chi connectivity index (χ0) is 17.6. The molecule has 1 aromatic rings. The van der Waals surface area contributed by atoms with Crippen molar-refractivity contribution in [3.8, 4) is 0 Å². The summed E-state index contributed by atoms with van der Waals surface area (Å²) in [6.45, 7) is 2.87. The summed E-state index contributed by atoms with van der Waals surface area (Å²) >= 11 is 0. The molecule has 7 heteroatoms. The number of ether oxygens (including phenoxy) is 2. The van der Waals surface area contributed by atoms with Gasteiger partial charge < -0.3 is 14.8 Å². The lowest BCUT2D eigenvalue weighted by atomic mass is 10.2. The molecule has 0 radical (unpaired) electrons. The molecule has 0 bridgehead atoms. The Morgan fingerprint density at radius 2 is 1.76 bits per heavy atom. The highest BCUT2D eigenvalue weighted by Gasteiger charge is 2.25. The van der Waals surface area contributed by atoms with Gasteiger partial charge in [-0.25, -0.2) is 8.78 Å². The van der Waals surface area contributed by atoms with Crippen molar-refractivity contribution >= 4 is 11.6 Å². The predicted molar refractivity (Wildman–Crippen MR) is 89.4 cm³/mol. The molecule has 2 aliphatic heterocycles. The molecule has 1 amide bonds. The predicted octanol–water partition coefficient (Wildman–Crippen LogP) is 2.56. The standard InChI is InChI=1S/C18H24F2N2O3/c19-13-5-6-16(20)17(9-13)21-18(23)12-22(10-14-3-1-7-24-14)11-15-4-2-8-25-15/h5-6,9,14-15H,1-4,7-8,10-12H2,(H,21,23)/t14-,15-/m1/s1. The molecular weight excluding hydrogens is 330 g/mol. The number of amides is 1. The lowest BCUT2D eigenvalue weighted by Gasteiger charge is -2.27. The Bertz CT molecular complexity index is 570. The third-order valence-corrected chi connectivity index (χ3v) is 4.54. The maximum absolute atomic E-state index is 13.7. The van der Waals surface area contributed by atoms with Crippen LogP contribution in [0.4, 0.5) is 14.5 Å². The monoisotopic (exact) mass is 354 g/mol. The first-order valence-electron chi connectivity index (χ1n) is 8.80. The molecule has 138 valence electrons. The summed E-state index contributed by atoms with van der Waals surface area (Å²) in [7, 11) is 0. The van der Waals surface area contributed by atoms with Crippen molar-refractivity contribution < 1.29 is 23.0 Å². The Morgan fingerprint density at radius 3 is 2.32 bits per heavy atom. The van der Waals surface area contributed by atoms with Gasteiger partial charge in [-0.15, -0.1) is 0 Å². The third-order valence-electron chi connectivity index (χ3n) is 4.54. The number of nitrogens with zero attached hydrogens (tertiary/aromatic N) is 1. The average molecular weight is 354 g/mol. The number of halogens is 2. The number of hydrogen-bond donors (Lipinski definition) is 1. The Morgan fingerprint density at radius 1 is 1.12 bits per heavy atom. The summed E-state index contributed by atoms with van der Waals surface area (Å²) < 4.78 is 38.2. The molecular formula is C18H24F2N2O3. The summed E-state index contributed by atoms with van der Waals surface area (Å²) in [5.74, 6) is -1.62. The van der Waals surface area contributed by atoms with Gasteiger partial charge in [0.05, 0.1) is 24.4 Å². The average Bonchev–Trinajstić information content (AvgIpc) is 3.25. The lowest BCUT2D eigenvalue weighted by Crippen LogP contribution is -2.42. The van der Waals surface area contributed by atoms with E-state index in [0.29, 0.717) is 13.1 Å². The van der Waals surface area contributed by atoms with Crippen LogP contribution >= 0.6 is 0 Å². The van der Waals surface area contributed by atoms with Crippen molar-refractivity contribution in [1.29, 1.82) is 0 Å². The second-order valence-corrected chi connectivity index (χ2v) is 6.64. The number of carbonyl (C=O) groups is 1. The lowest BCUT2D eigenvalue weighted by molar-refractivity contribution is -0.118. The minimum Gasteiger partial charge on any atom is -0.377 e. The topological polar surface area (TPSA) is 50.8 Å². The van der Waals surface area contributed by atoms with E-state index >= 15 is 0 Å². The van der Waals surface area contributed by atoms with Crippen molar-refractivity contribution in [2.24, 2.45) is 0 Å². The second-order valence-electron chi connectivity index (χ2n) is 6.64. The number of rotatable bonds is 7. The van der Waals surface area contributed by atoms with Crippen LogP contribution in [0.5, 0.6) is 0 Å². The highest BCUT2D eigenvalue weighted by molar-refractivity contribution is 5.92. The van der Waals surface area contributed by atoms with Crippen LogP contribution in [0.25, 0.3) is 0 Å². The van der Waals surface area contributed by atoms with Gasteiger partial charge in [0.1, 0.15) is 11.6 Å². The molecule has 5 nitrogen and oxygen atoms in total. The fourth-order valence-corrected chi connectivity index (χ4v) is 3.34. The molecule has 2 saturated heterocycles. The van der Waals surface area contributed by atoms with E-state index in [-0.39, 0.29) is 30.3 Å². The molecule has 1 N–H and O–H groups in total. The Balaban J connectivity index is 1.58. The van der Waals surface area contributed by atoms with E-state index in [9.17, 15) is 13.6 Å². The van der Waals surface area contributed by atoms with Gasteiger partial charge in [0.15, 0.2) is 0 Å². The maximum atomic E-state index is 13.7. The van der Waals surface area contributed by atoms with Crippen LogP contribution in [0.15, 0.2) is 18.2 Å². The van der Waals surface area contributed by atoms with Gasteiger partial charge in [-0.3, -0.25) is 9.69 Å². The normalized spacial score (nSPS) is 23.3. The fraction of sp³-hybridized carbons (Fsp3) is 0.611. The third kappa shape index (κ3) is 5.45. The molecule has 2 atom stereocenters. The van der Waals surface area contributed by atoms with Gasteiger partial charge in [-0.05, 0) is 37.8 Å². The molecule has 0 unspecified atom stereocenters. The van der Waals surface area contributed by atoms with Crippen LogP contribution in [0.1, 0.15) is 25.7 Å². The summed E-state index contributed by atoms with van der Waals surface area (Å²) in [4.78, 5) is 14.3. The molecule has 2 fully saturated rings. The number of benzene rings is 1. The fourth-order valence-electron chi connectivity index (χ4n) is 3.34. The highest BCUT2D eigenvalue weighted by Crippen LogP contribution is 2.18. The largest absolute Gasteiger partial charge is 0.377 e. The summed E-state index contributed by atoms with van der Waals surface area (Å²) in [6.07, 6.45) is 4.23. The summed E-state index contributed by atoms with van der Waals surface area (Å²) in [6, 6.07) is 3.01. The number of carbonyl (C=O) groups excluding carboxylic acids is 1.